The molecule has 0 amide bonds. The van der Waals surface area contributed by atoms with Gasteiger partial charge in [0.05, 0.1) is 23.6 Å². The molecule has 0 spiro atoms. The van der Waals surface area contributed by atoms with Gasteiger partial charge in [0, 0.05) is 17.3 Å². The van der Waals surface area contributed by atoms with Crippen LogP contribution in [-0.2, 0) is 7.05 Å². The van der Waals surface area contributed by atoms with Gasteiger partial charge in [0.25, 0.3) is 0 Å². The Morgan fingerprint density at radius 1 is 1.42 bits per heavy atom. The van der Waals surface area contributed by atoms with Crippen LogP contribution in [0.25, 0.3) is 11.0 Å². The summed E-state index contributed by atoms with van der Waals surface area (Å²) in [6.45, 7) is 4.17. The van der Waals surface area contributed by atoms with Crippen molar-refractivity contribution >= 4 is 28.1 Å². The number of pyridine rings is 1. The Labute approximate surface area is 116 Å². The maximum atomic E-state index is 4.48. The van der Waals surface area contributed by atoms with Crippen molar-refractivity contribution in [2.75, 3.05) is 5.32 Å². The molecule has 1 atom stereocenters. The molecule has 19 heavy (non-hydrogen) atoms. The molecule has 0 radical (unpaired) electrons. The average molecular weight is 272 g/mol. The number of anilines is 1. The molecule has 3 aromatic heterocycles. The predicted octanol–water partition coefficient (Wildman–Crippen LogP) is 3.51. The second-order valence-electron chi connectivity index (χ2n) is 4.69. The molecule has 0 aliphatic heterocycles. The van der Waals surface area contributed by atoms with E-state index in [1.54, 1.807) is 11.3 Å². The van der Waals surface area contributed by atoms with Crippen LogP contribution >= 0.6 is 11.3 Å². The summed E-state index contributed by atoms with van der Waals surface area (Å²) in [4.78, 5) is 5.80. The lowest BCUT2D eigenvalue weighted by molar-refractivity contribution is 0.774. The zero-order chi connectivity index (χ0) is 13.4. The van der Waals surface area contributed by atoms with Gasteiger partial charge in [-0.3, -0.25) is 4.68 Å². The number of nitrogens with one attached hydrogen (secondary N) is 1. The van der Waals surface area contributed by atoms with Crippen molar-refractivity contribution in [3.05, 3.63) is 40.3 Å². The Morgan fingerprint density at radius 2 is 2.26 bits per heavy atom. The van der Waals surface area contributed by atoms with E-state index >= 15 is 0 Å². The van der Waals surface area contributed by atoms with E-state index in [2.05, 4.69) is 45.9 Å². The van der Waals surface area contributed by atoms with Gasteiger partial charge in [-0.05, 0) is 31.4 Å². The molecule has 3 heterocycles. The van der Waals surface area contributed by atoms with Crippen LogP contribution in [0, 0.1) is 6.92 Å². The van der Waals surface area contributed by atoms with E-state index in [1.807, 2.05) is 24.9 Å². The Kier molecular flexibility index (Phi) is 2.98. The van der Waals surface area contributed by atoms with E-state index < -0.39 is 0 Å². The van der Waals surface area contributed by atoms with E-state index in [1.165, 1.54) is 4.88 Å². The summed E-state index contributed by atoms with van der Waals surface area (Å²) >= 11 is 1.76. The standard InChI is InChI=1S/C14H16N4S/c1-9-12-7-11(8-15-14(12)18(3)17-9)16-10(2)13-5-4-6-19-13/h4-8,10,16H,1-3H3. The molecule has 0 aromatic carbocycles. The molecule has 0 aliphatic carbocycles. The predicted molar refractivity (Wildman–Crippen MR) is 79.6 cm³/mol. The lowest BCUT2D eigenvalue weighted by Crippen LogP contribution is -2.05. The summed E-state index contributed by atoms with van der Waals surface area (Å²) in [5.74, 6) is 0. The Bertz CT molecular complexity index is 700. The molecule has 3 rings (SSSR count). The first-order valence-corrected chi connectivity index (χ1v) is 7.12. The van der Waals surface area contributed by atoms with Crippen molar-refractivity contribution in [1.29, 1.82) is 0 Å². The van der Waals surface area contributed by atoms with E-state index in [0.717, 1.165) is 22.4 Å². The van der Waals surface area contributed by atoms with Crippen LogP contribution in [0.5, 0.6) is 0 Å². The average Bonchev–Trinajstić information content (AvgIpc) is 2.99. The van der Waals surface area contributed by atoms with Crippen molar-refractivity contribution in [2.45, 2.75) is 19.9 Å². The van der Waals surface area contributed by atoms with Gasteiger partial charge in [-0.25, -0.2) is 4.98 Å². The molecule has 0 bridgehead atoms. The smallest absolute Gasteiger partial charge is 0.157 e. The number of hydrogen-bond donors (Lipinski definition) is 1. The Balaban J connectivity index is 1.91. The summed E-state index contributed by atoms with van der Waals surface area (Å²) in [6.07, 6.45) is 1.87. The van der Waals surface area contributed by atoms with Crippen LogP contribution in [-0.4, -0.2) is 14.8 Å². The Hall–Kier alpha value is -1.88. The fourth-order valence-corrected chi connectivity index (χ4v) is 2.98. The molecular formula is C14H16N4S. The van der Waals surface area contributed by atoms with Crippen molar-refractivity contribution < 1.29 is 0 Å². The fraction of sp³-hybridized carbons (Fsp3) is 0.286. The highest BCUT2D eigenvalue weighted by atomic mass is 32.1. The first kappa shape index (κ1) is 12.2. The molecule has 0 saturated heterocycles. The normalized spacial score (nSPS) is 12.8. The highest BCUT2D eigenvalue weighted by molar-refractivity contribution is 7.10. The maximum Gasteiger partial charge on any atom is 0.157 e. The number of rotatable bonds is 3. The molecule has 5 heteroatoms. The van der Waals surface area contributed by atoms with Crippen LogP contribution in [0.2, 0.25) is 0 Å². The minimum atomic E-state index is 0.288. The van der Waals surface area contributed by atoms with Gasteiger partial charge in [0.2, 0.25) is 0 Å². The minimum absolute atomic E-state index is 0.288. The summed E-state index contributed by atoms with van der Waals surface area (Å²) in [5, 5.41) is 11.1. The maximum absolute atomic E-state index is 4.48. The number of hydrogen-bond acceptors (Lipinski definition) is 4. The first-order chi connectivity index (χ1) is 9.15. The molecule has 0 fully saturated rings. The molecule has 0 aliphatic rings. The molecule has 1 N–H and O–H groups in total. The van der Waals surface area contributed by atoms with E-state index in [4.69, 9.17) is 0 Å². The third-order valence-corrected chi connectivity index (χ3v) is 4.27. The van der Waals surface area contributed by atoms with E-state index in [-0.39, 0.29) is 6.04 Å². The SMILES string of the molecule is Cc1nn(C)c2ncc(NC(C)c3cccs3)cc12. The summed E-state index contributed by atoms with van der Waals surface area (Å²) in [6, 6.07) is 6.62. The van der Waals surface area contributed by atoms with Gasteiger partial charge in [-0.1, -0.05) is 6.07 Å². The molecule has 4 nitrogen and oxygen atoms in total. The number of aromatic nitrogens is 3. The van der Waals surface area contributed by atoms with Gasteiger partial charge in [0.15, 0.2) is 5.65 Å². The van der Waals surface area contributed by atoms with Crippen molar-refractivity contribution in [2.24, 2.45) is 7.05 Å². The second-order valence-corrected chi connectivity index (χ2v) is 5.66. The molecular weight excluding hydrogens is 256 g/mol. The van der Waals surface area contributed by atoms with Gasteiger partial charge in [-0.2, -0.15) is 5.10 Å². The monoisotopic (exact) mass is 272 g/mol. The van der Waals surface area contributed by atoms with Crippen molar-refractivity contribution in [1.82, 2.24) is 14.8 Å². The van der Waals surface area contributed by atoms with E-state index in [0.29, 0.717) is 0 Å². The van der Waals surface area contributed by atoms with Crippen molar-refractivity contribution in [3.63, 3.8) is 0 Å². The van der Waals surface area contributed by atoms with E-state index in [9.17, 15) is 0 Å². The number of fused-ring (bicyclic) bond motifs is 1. The lowest BCUT2D eigenvalue weighted by Gasteiger charge is -2.13. The molecule has 1 unspecified atom stereocenters. The van der Waals surface area contributed by atoms with Crippen molar-refractivity contribution in [3.8, 4) is 0 Å². The summed E-state index contributed by atoms with van der Waals surface area (Å²) < 4.78 is 1.82. The number of thiophene rings is 1. The van der Waals surface area contributed by atoms with Gasteiger partial charge < -0.3 is 5.32 Å². The van der Waals surface area contributed by atoms with Gasteiger partial charge in [0.1, 0.15) is 0 Å². The fourth-order valence-electron chi connectivity index (χ4n) is 2.25. The lowest BCUT2D eigenvalue weighted by atomic mass is 10.2. The third kappa shape index (κ3) is 2.21. The topological polar surface area (TPSA) is 42.7 Å². The molecule has 3 aromatic rings. The highest BCUT2D eigenvalue weighted by Crippen LogP contribution is 2.25. The van der Waals surface area contributed by atoms with Gasteiger partial charge in [-0.15, -0.1) is 11.3 Å². The molecule has 0 saturated carbocycles. The second kappa shape index (κ2) is 4.66. The third-order valence-electron chi connectivity index (χ3n) is 3.22. The van der Waals surface area contributed by atoms with Crippen LogP contribution < -0.4 is 5.32 Å². The minimum Gasteiger partial charge on any atom is -0.376 e. The van der Waals surface area contributed by atoms with Crippen LogP contribution in [0.1, 0.15) is 23.5 Å². The summed E-state index contributed by atoms with van der Waals surface area (Å²) in [5.41, 5.74) is 2.97. The highest BCUT2D eigenvalue weighted by Gasteiger charge is 2.10. The van der Waals surface area contributed by atoms with Gasteiger partial charge >= 0.3 is 0 Å². The first-order valence-electron chi connectivity index (χ1n) is 6.24. The zero-order valence-electron chi connectivity index (χ0n) is 11.2. The Morgan fingerprint density at radius 3 is 3.00 bits per heavy atom. The zero-order valence-corrected chi connectivity index (χ0v) is 12.0. The summed E-state index contributed by atoms with van der Waals surface area (Å²) in [7, 11) is 1.92. The quantitative estimate of drug-likeness (QED) is 0.793. The number of nitrogens with zero attached hydrogens (tertiary/aromatic N) is 3. The molecule has 98 valence electrons. The largest absolute Gasteiger partial charge is 0.376 e. The van der Waals surface area contributed by atoms with Crippen LogP contribution in [0.3, 0.4) is 0 Å². The number of aryl methyl sites for hydroxylation is 2. The van der Waals surface area contributed by atoms with Crippen LogP contribution in [0.4, 0.5) is 5.69 Å². The van der Waals surface area contributed by atoms with Crippen LogP contribution in [0.15, 0.2) is 29.8 Å².